The van der Waals surface area contributed by atoms with Gasteiger partial charge in [0.25, 0.3) is 0 Å². The maximum Gasteiger partial charge on any atom is 0.229 e. The predicted molar refractivity (Wildman–Crippen MR) is 56.0 cm³/mol. The molecule has 86 valence electrons. The van der Waals surface area contributed by atoms with E-state index in [9.17, 15) is 9.59 Å². The molecule has 1 aliphatic rings. The van der Waals surface area contributed by atoms with Gasteiger partial charge in [0.15, 0.2) is 0 Å². The first-order valence-corrected chi connectivity index (χ1v) is 5.52. The molecule has 1 aliphatic heterocycles. The van der Waals surface area contributed by atoms with Gasteiger partial charge in [-0.15, -0.1) is 0 Å². The molecular weight excluding hydrogens is 194 g/mol. The van der Waals surface area contributed by atoms with Gasteiger partial charge in [0.05, 0.1) is 0 Å². The van der Waals surface area contributed by atoms with Crippen LogP contribution in [0.3, 0.4) is 0 Å². The minimum Gasteiger partial charge on any atom is -0.396 e. The number of likely N-dealkylation sites (tertiary alicyclic amines) is 1. The van der Waals surface area contributed by atoms with Crippen molar-refractivity contribution < 1.29 is 14.7 Å². The minimum absolute atomic E-state index is 0.0656. The molecule has 0 saturated carbocycles. The van der Waals surface area contributed by atoms with E-state index >= 15 is 0 Å². The van der Waals surface area contributed by atoms with E-state index in [2.05, 4.69) is 0 Å². The molecule has 1 rings (SSSR count). The molecule has 0 aromatic rings. The van der Waals surface area contributed by atoms with Crippen molar-refractivity contribution in [2.45, 2.75) is 45.6 Å². The van der Waals surface area contributed by atoms with Crippen LogP contribution in [0.1, 0.15) is 39.5 Å². The molecule has 1 heterocycles. The van der Waals surface area contributed by atoms with E-state index in [1.165, 1.54) is 4.90 Å². The fourth-order valence-corrected chi connectivity index (χ4v) is 2.01. The van der Waals surface area contributed by atoms with Crippen molar-refractivity contribution in [3.05, 3.63) is 0 Å². The fraction of sp³-hybridized carbons (Fsp3) is 0.818. The Kier molecular flexibility index (Phi) is 4.27. The largest absolute Gasteiger partial charge is 0.396 e. The zero-order valence-electron chi connectivity index (χ0n) is 9.40. The van der Waals surface area contributed by atoms with Crippen molar-refractivity contribution in [1.29, 1.82) is 0 Å². The van der Waals surface area contributed by atoms with E-state index < -0.39 is 0 Å². The van der Waals surface area contributed by atoms with Crippen LogP contribution in [0.15, 0.2) is 0 Å². The number of hydrogen-bond donors (Lipinski definition) is 1. The lowest BCUT2D eigenvalue weighted by molar-refractivity contribution is -0.152. The van der Waals surface area contributed by atoms with Crippen LogP contribution in [0, 0.1) is 5.92 Å². The predicted octanol–water partition coefficient (Wildman–Crippen LogP) is 0.932. The van der Waals surface area contributed by atoms with E-state index in [4.69, 9.17) is 5.11 Å². The molecule has 4 nitrogen and oxygen atoms in total. The molecule has 0 aromatic carbocycles. The topological polar surface area (TPSA) is 57.6 Å². The smallest absolute Gasteiger partial charge is 0.229 e. The number of aliphatic hydroxyl groups excluding tert-OH is 1. The molecule has 1 atom stereocenters. The Labute approximate surface area is 90.3 Å². The van der Waals surface area contributed by atoms with Gasteiger partial charge < -0.3 is 5.11 Å². The first-order valence-electron chi connectivity index (χ1n) is 5.52. The third-order valence-electron chi connectivity index (χ3n) is 2.80. The second-order valence-corrected chi connectivity index (χ2v) is 4.39. The van der Waals surface area contributed by atoms with Crippen LogP contribution in [0.5, 0.6) is 0 Å². The lowest BCUT2D eigenvalue weighted by Crippen LogP contribution is -2.47. The molecule has 4 heteroatoms. The van der Waals surface area contributed by atoms with Crippen molar-refractivity contribution in [3.63, 3.8) is 0 Å². The maximum atomic E-state index is 11.7. The van der Waals surface area contributed by atoms with Crippen molar-refractivity contribution in [2.24, 2.45) is 5.92 Å². The Morgan fingerprint density at radius 1 is 1.40 bits per heavy atom. The Morgan fingerprint density at radius 3 is 2.40 bits per heavy atom. The van der Waals surface area contributed by atoms with E-state index in [1.54, 1.807) is 0 Å². The summed E-state index contributed by atoms with van der Waals surface area (Å²) in [7, 11) is 0. The van der Waals surface area contributed by atoms with E-state index in [0.29, 0.717) is 25.7 Å². The highest BCUT2D eigenvalue weighted by atomic mass is 16.3. The highest BCUT2D eigenvalue weighted by molar-refractivity contribution is 5.98. The number of piperidine rings is 1. The first-order chi connectivity index (χ1) is 7.06. The second kappa shape index (κ2) is 5.26. The van der Waals surface area contributed by atoms with Crippen molar-refractivity contribution >= 4 is 11.8 Å². The van der Waals surface area contributed by atoms with Crippen LogP contribution in [0.2, 0.25) is 0 Å². The van der Waals surface area contributed by atoms with Crippen molar-refractivity contribution in [2.75, 3.05) is 6.61 Å². The van der Waals surface area contributed by atoms with Gasteiger partial charge in [-0.3, -0.25) is 14.5 Å². The number of aliphatic hydroxyl groups is 1. The number of rotatable bonds is 4. The number of hydrogen-bond acceptors (Lipinski definition) is 3. The average Bonchev–Trinajstić information content (AvgIpc) is 2.12. The molecule has 1 fully saturated rings. The van der Waals surface area contributed by atoms with Crippen LogP contribution < -0.4 is 0 Å². The minimum atomic E-state index is -0.0790. The van der Waals surface area contributed by atoms with Gasteiger partial charge in [-0.25, -0.2) is 0 Å². The Hall–Kier alpha value is -0.900. The number of imide groups is 1. The second-order valence-electron chi connectivity index (χ2n) is 4.39. The lowest BCUT2D eigenvalue weighted by atomic mass is 9.96. The third kappa shape index (κ3) is 3.02. The molecule has 0 spiro atoms. The molecular formula is C11H19NO3. The Morgan fingerprint density at radius 2 is 1.93 bits per heavy atom. The fourth-order valence-electron chi connectivity index (χ4n) is 2.01. The first kappa shape index (κ1) is 12.2. The molecule has 1 N–H and O–H groups in total. The molecule has 0 aromatic heterocycles. The summed E-state index contributed by atoms with van der Waals surface area (Å²) in [5.41, 5.74) is 0. The molecule has 2 amide bonds. The Bertz CT molecular complexity index is 234. The average molecular weight is 213 g/mol. The summed E-state index contributed by atoms with van der Waals surface area (Å²) in [6, 6.07) is -0.0790. The van der Waals surface area contributed by atoms with Crippen LogP contribution >= 0.6 is 0 Å². The van der Waals surface area contributed by atoms with Crippen molar-refractivity contribution in [3.8, 4) is 0 Å². The molecule has 0 radical (unpaired) electrons. The van der Waals surface area contributed by atoms with Gasteiger partial charge in [0.1, 0.15) is 0 Å². The molecule has 1 unspecified atom stereocenters. The maximum absolute atomic E-state index is 11.7. The monoisotopic (exact) mass is 213 g/mol. The van der Waals surface area contributed by atoms with Crippen LogP contribution in [0.4, 0.5) is 0 Å². The Balaban J connectivity index is 2.59. The lowest BCUT2D eigenvalue weighted by Gasteiger charge is -2.33. The summed E-state index contributed by atoms with van der Waals surface area (Å²) in [5, 5.41) is 8.70. The number of carbonyl (C=O) groups is 2. The number of carbonyl (C=O) groups excluding carboxylic acids is 2. The van der Waals surface area contributed by atoms with E-state index in [1.807, 2.05) is 13.8 Å². The summed E-state index contributed by atoms with van der Waals surface area (Å²) >= 11 is 0. The van der Waals surface area contributed by atoms with Crippen LogP contribution in [0.25, 0.3) is 0 Å². The molecule has 15 heavy (non-hydrogen) atoms. The standard InChI is InChI=1S/C11H19NO3/c1-8-6-10(14)12(11(15)7-8)9(2)4-3-5-13/h8-9,13H,3-7H2,1-2H3. The number of amides is 2. The quantitative estimate of drug-likeness (QED) is 0.707. The van der Waals surface area contributed by atoms with Crippen LogP contribution in [-0.2, 0) is 9.59 Å². The van der Waals surface area contributed by atoms with E-state index in [0.717, 1.165) is 0 Å². The zero-order chi connectivity index (χ0) is 11.4. The highest BCUT2D eigenvalue weighted by Gasteiger charge is 2.33. The number of nitrogens with zero attached hydrogens (tertiary/aromatic N) is 1. The van der Waals surface area contributed by atoms with Gasteiger partial charge in [0, 0.05) is 25.5 Å². The summed E-state index contributed by atoms with van der Waals surface area (Å²) in [6.07, 6.45) is 2.25. The molecule has 0 aliphatic carbocycles. The zero-order valence-corrected chi connectivity index (χ0v) is 9.40. The summed E-state index contributed by atoms with van der Waals surface area (Å²) < 4.78 is 0. The summed E-state index contributed by atoms with van der Waals surface area (Å²) in [6.45, 7) is 3.89. The van der Waals surface area contributed by atoms with Crippen molar-refractivity contribution in [1.82, 2.24) is 4.90 Å². The van der Waals surface area contributed by atoms with Gasteiger partial charge >= 0.3 is 0 Å². The normalized spacial score (nSPS) is 20.9. The molecule has 1 saturated heterocycles. The summed E-state index contributed by atoms with van der Waals surface area (Å²) in [4.78, 5) is 24.7. The summed E-state index contributed by atoms with van der Waals surface area (Å²) in [5.74, 6) is 0.0414. The van der Waals surface area contributed by atoms with E-state index in [-0.39, 0.29) is 30.4 Å². The van der Waals surface area contributed by atoms with Crippen LogP contribution in [-0.4, -0.2) is 34.5 Å². The highest BCUT2D eigenvalue weighted by Crippen LogP contribution is 2.22. The SMILES string of the molecule is CC1CC(=O)N(C(C)CCCO)C(=O)C1. The third-order valence-corrected chi connectivity index (χ3v) is 2.80. The van der Waals surface area contributed by atoms with Gasteiger partial charge in [0.2, 0.25) is 11.8 Å². The van der Waals surface area contributed by atoms with Gasteiger partial charge in [-0.2, -0.15) is 0 Å². The molecule has 0 bridgehead atoms. The van der Waals surface area contributed by atoms with Gasteiger partial charge in [-0.05, 0) is 25.7 Å². The van der Waals surface area contributed by atoms with Gasteiger partial charge in [-0.1, -0.05) is 6.92 Å².